The zero-order valence-corrected chi connectivity index (χ0v) is 70.8. The molecule has 610 valence electrons. The molecule has 0 aliphatic heterocycles. The number of para-hydroxylation sites is 9. The lowest BCUT2D eigenvalue weighted by Gasteiger charge is -2.14. The molecule has 0 spiro atoms. The molecule has 0 radical (unpaired) electrons. The first-order valence-electron chi connectivity index (χ1n) is 43.9. The molecule has 0 unspecified atom stereocenters. The van der Waals surface area contributed by atoms with Crippen molar-refractivity contribution < 1.29 is 8.83 Å². The standard InChI is InChI=1S/C42H26N4.C39H22N4O2.C36H21N3S/c1-3-14-28(15-4-1)41-42(44-35-21-11-10-20-34(35)43-41)46-36-22-12-9-19-31(36)32-25-33-39(26-38(32)46)45(29-16-5-2-6-17-29)37-24-23-27-13-7-8-18-30(27)40(33)37;1-3-13-23(14-4-1)37-40-38(24-15-5-2-6-16-24)42-39(41-37)43-28-20-10-7-17-25(28)31-34(43)32-26-18-8-11-21-29(26)44-36(32)33-27-19-9-12-22-30(27)45-35(31)33;1-2-12-22(13-3-1)33-25-16-6-9-19-28(25)37-36(38-33)39-29-20-10-7-17-26(29)31-23-14-4-5-15-24(23)32-27-18-8-11-21-30(27)40-35(32)34(31)39/h1-26H;1-22H;1-21H. The number of hydrogen-bond donors (Lipinski definition) is 0. The van der Waals surface area contributed by atoms with Crippen molar-refractivity contribution in [3.63, 3.8) is 0 Å². The Morgan fingerprint density at radius 1 is 0.221 bits per heavy atom. The van der Waals surface area contributed by atoms with Gasteiger partial charge in [-0.2, -0.15) is 9.97 Å². The van der Waals surface area contributed by atoms with Crippen molar-refractivity contribution in [1.82, 2.24) is 53.2 Å². The molecule has 13 nitrogen and oxygen atoms in total. The van der Waals surface area contributed by atoms with E-state index in [1.54, 1.807) is 0 Å². The van der Waals surface area contributed by atoms with Crippen LogP contribution in [0, 0.1) is 0 Å². The van der Waals surface area contributed by atoms with Gasteiger partial charge in [0.1, 0.15) is 28.0 Å². The Bertz CT molecular complexity index is 9670. The van der Waals surface area contributed by atoms with Gasteiger partial charge in [-0.3, -0.25) is 13.7 Å². The summed E-state index contributed by atoms with van der Waals surface area (Å²) in [6.07, 6.45) is 0. The zero-order valence-electron chi connectivity index (χ0n) is 70.0. The van der Waals surface area contributed by atoms with Gasteiger partial charge in [0.05, 0.1) is 87.2 Å². The predicted octanol–water partition coefficient (Wildman–Crippen LogP) is 30.7. The molecule has 0 amide bonds. The van der Waals surface area contributed by atoms with Crippen molar-refractivity contribution in [3.8, 4) is 68.7 Å². The second-order valence-corrected chi connectivity index (χ2v) is 34.3. The Morgan fingerprint density at radius 3 is 1.31 bits per heavy atom. The minimum atomic E-state index is 0.524. The van der Waals surface area contributed by atoms with Crippen LogP contribution in [0.1, 0.15) is 0 Å². The van der Waals surface area contributed by atoms with Gasteiger partial charge in [-0.25, -0.2) is 24.9 Å². The summed E-state index contributed by atoms with van der Waals surface area (Å²) >= 11 is 1.86. The van der Waals surface area contributed by atoms with Crippen LogP contribution in [-0.2, 0) is 0 Å². The molecular weight excluding hydrogens is 1620 g/mol. The van der Waals surface area contributed by atoms with Crippen molar-refractivity contribution in [2.24, 2.45) is 0 Å². The third-order valence-electron chi connectivity index (χ3n) is 25.9. The molecule has 0 bridgehead atoms. The molecule has 10 heterocycles. The summed E-state index contributed by atoms with van der Waals surface area (Å²) in [6, 6.07) is 146. The first-order valence-corrected chi connectivity index (χ1v) is 44.7. The van der Waals surface area contributed by atoms with Crippen molar-refractivity contribution in [2.45, 2.75) is 0 Å². The van der Waals surface area contributed by atoms with Crippen LogP contribution >= 0.6 is 11.3 Å². The quantitative estimate of drug-likeness (QED) is 0.146. The average molecular weight is 1690 g/mol. The summed E-state index contributed by atoms with van der Waals surface area (Å²) in [7, 11) is 0. The van der Waals surface area contributed by atoms with Crippen molar-refractivity contribution >= 4 is 206 Å². The topological polar surface area (TPSA) is 136 Å². The summed E-state index contributed by atoms with van der Waals surface area (Å²) in [4.78, 5) is 36.3. The van der Waals surface area contributed by atoms with Crippen LogP contribution in [0.3, 0.4) is 0 Å². The molecule has 0 saturated carbocycles. The molecule has 14 heteroatoms. The molecule has 29 rings (SSSR count). The maximum Gasteiger partial charge on any atom is 0.238 e. The zero-order chi connectivity index (χ0) is 85.9. The van der Waals surface area contributed by atoms with E-state index in [2.05, 4.69) is 309 Å². The van der Waals surface area contributed by atoms with E-state index in [1.807, 2.05) is 139 Å². The van der Waals surface area contributed by atoms with Gasteiger partial charge in [0.15, 0.2) is 17.5 Å². The predicted molar refractivity (Wildman–Crippen MR) is 540 cm³/mol. The van der Waals surface area contributed by atoms with Gasteiger partial charge in [0.2, 0.25) is 11.9 Å². The number of hydrogen-bond acceptors (Lipinski definition) is 10. The number of fused-ring (bicyclic) bond motifs is 32. The molecule has 29 aromatic rings. The van der Waals surface area contributed by atoms with Crippen LogP contribution in [0.25, 0.3) is 263 Å². The lowest BCUT2D eigenvalue weighted by Crippen LogP contribution is -2.06. The van der Waals surface area contributed by atoms with Crippen LogP contribution in [0.15, 0.2) is 427 Å². The van der Waals surface area contributed by atoms with E-state index in [0.29, 0.717) is 23.5 Å². The number of nitrogens with zero attached hydrogens (tertiary/aromatic N) is 11. The molecule has 0 N–H and O–H groups in total. The third-order valence-corrected chi connectivity index (χ3v) is 27.1. The highest BCUT2D eigenvalue weighted by Gasteiger charge is 2.31. The molecule has 0 aliphatic carbocycles. The molecule has 0 fully saturated rings. The minimum absolute atomic E-state index is 0.524. The number of thiophene rings is 1. The van der Waals surface area contributed by atoms with Crippen LogP contribution < -0.4 is 0 Å². The van der Waals surface area contributed by atoms with Crippen LogP contribution in [-0.4, -0.2) is 53.2 Å². The Labute approximate surface area is 750 Å². The molecule has 131 heavy (non-hydrogen) atoms. The van der Waals surface area contributed by atoms with E-state index in [-0.39, 0.29) is 0 Å². The van der Waals surface area contributed by atoms with Gasteiger partial charge in [-0.05, 0) is 106 Å². The smallest absolute Gasteiger partial charge is 0.238 e. The molecular formula is C117H69N11O2S. The first kappa shape index (κ1) is 73.7. The van der Waals surface area contributed by atoms with Crippen LogP contribution in [0.2, 0.25) is 0 Å². The van der Waals surface area contributed by atoms with Crippen LogP contribution in [0.5, 0.6) is 0 Å². The Hall–Kier alpha value is -17.6. The lowest BCUT2D eigenvalue weighted by atomic mass is 9.99. The van der Waals surface area contributed by atoms with Crippen molar-refractivity contribution in [3.05, 3.63) is 419 Å². The van der Waals surface area contributed by atoms with Gasteiger partial charge >= 0.3 is 0 Å². The fourth-order valence-corrected chi connectivity index (χ4v) is 21.6. The van der Waals surface area contributed by atoms with Gasteiger partial charge in [-0.1, -0.05) is 334 Å². The van der Waals surface area contributed by atoms with Gasteiger partial charge < -0.3 is 13.4 Å². The third kappa shape index (κ3) is 11.5. The highest BCUT2D eigenvalue weighted by atomic mass is 32.1. The number of furan rings is 2. The average Bonchev–Trinajstić information content (AvgIpc) is 1.53. The molecule has 0 saturated heterocycles. The normalized spacial score (nSPS) is 12.0. The van der Waals surface area contributed by atoms with E-state index in [1.165, 1.54) is 85.1 Å². The van der Waals surface area contributed by atoms with Gasteiger partial charge in [0.25, 0.3) is 0 Å². The van der Waals surface area contributed by atoms with Crippen molar-refractivity contribution in [2.75, 3.05) is 0 Å². The van der Waals surface area contributed by atoms with Crippen LogP contribution in [0.4, 0.5) is 0 Å². The monoisotopic (exact) mass is 1690 g/mol. The fraction of sp³-hybridized carbons (Fsp3) is 0. The number of aromatic nitrogens is 11. The molecule has 0 atom stereocenters. The number of benzene rings is 19. The first-order chi connectivity index (χ1) is 65.0. The second-order valence-electron chi connectivity index (χ2n) is 33.2. The van der Waals surface area contributed by atoms with Crippen molar-refractivity contribution in [1.29, 1.82) is 0 Å². The number of rotatable bonds is 8. The highest BCUT2D eigenvalue weighted by molar-refractivity contribution is 7.27. The Morgan fingerprint density at radius 2 is 0.672 bits per heavy atom. The molecule has 0 aliphatic rings. The summed E-state index contributed by atoms with van der Waals surface area (Å²) in [5.74, 6) is 3.24. The fourth-order valence-electron chi connectivity index (χ4n) is 20.3. The lowest BCUT2D eigenvalue weighted by molar-refractivity contribution is 0.665. The Kier molecular flexibility index (Phi) is 16.6. The van der Waals surface area contributed by atoms with E-state index in [0.717, 1.165) is 155 Å². The summed E-state index contributed by atoms with van der Waals surface area (Å²) in [5.41, 5.74) is 21.5. The highest BCUT2D eigenvalue weighted by Crippen LogP contribution is 2.52. The second kappa shape index (κ2) is 29.5. The van der Waals surface area contributed by atoms with E-state index < -0.39 is 0 Å². The molecule has 10 aromatic heterocycles. The minimum Gasteiger partial charge on any atom is -0.455 e. The molecule has 19 aromatic carbocycles. The van der Waals surface area contributed by atoms with Gasteiger partial charge in [-0.15, -0.1) is 11.3 Å². The summed E-state index contributed by atoms with van der Waals surface area (Å²) in [6.45, 7) is 0. The SMILES string of the molecule is c1ccc(-c2nc(-c3ccccc3)nc(-n3c4ccccc4c4c5oc6ccccc6c5c5oc6ccccc6c5c43)n2)cc1.c1ccc(-c2nc(-n3c4ccccc4c4c5ccccc5c5c6ccccc6sc5c43)nc3ccccc23)cc1.c1ccc(-c2nc3ccccc3nc2-n2c3ccccc3c3cc4c5c6ccccc6ccc5n(-c5ccccc5)c4cc32)cc1. The maximum absolute atomic E-state index is 6.69. The van der Waals surface area contributed by atoms with Gasteiger partial charge in [0, 0.05) is 97.3 Å². The maximum atomic E-state index is 6.69. The van der Waals surface area contributed by atoms with E-state index in [9.17, 15) is 0 Å². The largest absolute Gasteiger partial charge is 0.455 e. The summed E-state index contributed by atoms with van der Waals surface area (Å²) < 4.78 is 25.1. The summed E-state index contributed by atoms with van der Waals surface area (Å²) in [5, 5.41) is 22.1. The van der Waals surface area contributed by atoms with E-state index >= 15 is 0 Å². The Balaban J connectivity index is 0.000000101. The van der Waals surface area contributed by atoms with E-state index in [4.69, 9.17) is 43.7 Å².